The minimum absolute atomic E-state index is 0.00574. The van der Waals surface area contributed by atoms with Gasteiger partial charge in [0.2, 0.25) is 0 Å². The van der Waals surface area contributed by atoms with Gasteiger partial charge in [-0.3, -0.25) is 4.39 Å². The summed E-state index contributed by atoms with van der Waals surface area (Å²) in [6.07, 6.45) is 1.42. The molecule has 3 atom stereocenters. The molecule has 0 bridgehead atoms. The van der Waals surface area contributed by atoms with E-state index < -0.39 is 6.17 Å². The topological polar surface area (TPSA) is 0 Å². The molecule has 1 saturated carbocycles. The van der Waals surface area contributed by atoms with Crippen LogP contribution in [-0.2, 0) is 0 Å². The predicted octanol–water partition coefficient (Wildman–Crippen LogP) is 2.73. The molecule has 0 spiro atoms. The molecule has 0 radical (unpaired) electrons. The van der Waals surface area contributed by atoms with Crippen LogP contribution in [0.3, 0.4) is 0 Å². The number of alkyl halides is 2. The van der Waals surface area contributed by atoms with E-state index in [1.54, 1.807) is 0 Å². The predicted molar refractivity (Wildman–Crippen MR) is 37.4 cm³/mol. The fourth-order valence-electron chi connectivity index (χ4n) is 1.49. The van der Waals surface area contributed by atoms with Gasteiger partial charge in [-0.25, -0.2) is 4.39 Å². The van der Waals surface area contributed by atoms with E-state index in [9.17, 15) is 8.78 Å². The van der Waals surface area contributed by atoms with Crippen molar-refractivity contribution in [1.29, 1.82) is 0 Å². The molecule has 1 fully saturated rings. The third-order valence-corrected chi connectivity index (χ3v) is 2.42. The smallest absolute Gasteiger partial charge is 0.103 e. The summed E-state index contributed by atoms with van der Waals surface area (Å²) >= 11 is 0. The monoisotopic (exact) mass is 148 g/mol. The summed E-state index contributed by atoms with van der Waals surface area (Å²) in [6.45, 7) is 1.56. The molecule has 1 rings (SSSR count). The van der Waals surface area contributed by atoms with Crippen molar-refractivity contribution in [3.63, 3.8) is 0 Å². The van der Waals surface area contributed by atoms with E-state index in [0.29, 0.717) is 6.42 Å². The van der Waals surface area contributed by atoms with E-state index in [1.165, 1.54) is 0 Å². The zero-order valence-electron chi connectivity index (χ0n) is 6.32. The lowest BCUT2D eigenvalue weighted by atomic mass is 9.82. The summed E-state index contributed by atoms with van der Waals surface area (Å²) in [5.74, 6) is 0.161. The van der Waals surface area contributed by atoms with Gasteiger partial charge in [0.25, 0.3) is 0 Å². The van der Waals surface area contributed by atoms with Gasteiger partial charge in [-0.2, -0.15) is 0 Å². The number of hydrogen-bond acceptors (Lipinski definition) is 0. The van der Waals surface area contributed by atoms with E-state index >= 15 is 0 Å². The van der Waals surface area contributed by atoms with Crippen LogP contribution in [-0.4, -0.2) is 12.8 Å². The highest BCUT2D eigenvalue weighted by Gasteiger charge is 2.26. The molecular formula is C8H14F2. The molecule has 2 heteroatoms. The molecule has 10 heavy (non-hydrogen) atoms. The van der Waals surface area contributed by atoms with E-state index in [2.05, 4.69) is 0 Å². The van der Waals surface area contributed by atoms with Crippen LogP contribution in [0.4, 0.5) is 8.78 Å². The van der Waals surface area contributed by atoms with Crippen molar-refractivity contribution in [2.45, 2.75) is 32.4 Å². The fourth-order valence-corrected chi connectivity index (χ4v) is 1.49. The molecular weight excluding hydrogens is 134 g/mol. The van der Waals surface area contributed by atoms with Gasteiger partial charge in [-0.05, 0) is 31.1 Å². The van der Waals surface area contributed by atoms with Gasteiger partial charge < -0.3 is 0 Å². The summed E-state index contributed by atoms with van der Waals surface area (Å²) in [5, 5.41) is 0. The zero-order valence-corrected chi connectivity index (χ0v) is 6.32. The summed E-state index contributed by atoms with van der Waals surface area (Å²) in [6, 6.07) is 0. The summed E-state index contributed by atoms with van der Waals surface area (Å²) in [4.78, 5) is 0. The van der Waals surface area contributed by atoms with Gasteiger partial charge >= 0.3 is 0 Å². The first-order valence-corrected chi connectivity index (χ1v) is 3.94. The van der Waals surface area contributed by atoms with Crippen molar-refractivity contribution in [2.75, 3.05) is 6.67 Å². The van der Waals surface area contributed by atoms with Gasteiger partial charge in [-0.15, -0.1) is 0 Å². The lowest BCUT2D eigenvalue weighted by Crippen LogP contribution is -2.24. The third kappa shape index (κ3) is 1.68. The van der Waals surface area contributed by atoms with Crippen LogP contribution in [0.15, 0.2) is 0 Å². The lowest BCUT2D eigenvalue weighted by Gasteiger charge is -2.27. The summed E-state index contributed by atoms with van der Waals surface area (Å²) in [7, 11) is 0. The SMILES string of the molecule is C[C@@H]1CCC(CF)CC1F. The van der Waals surface area contributed by atoms with Crippen LogP contribution in [0.5, 0.6) is 0 Å². The molecule has 0 saturated heterocycles. The number of halogens is 2. The molecule has 0 N–H and O–H groups in total. The summed E-state index contributed by atoms with van der Waals surface area (Å²) in [5.41, 5.74) is 0. The Labute approximate surface area is 60.6 Å². The van der Waals surface area contributed by atoms with Crippen molar-refractivity contribution in [1.82, 2.24) is 0 Å². The zero-order chi connectivity index (χ0) is 7.56. The van der Waals surface area contributed by atoms with Crippen LogP contribution in [0.1, 0.15) is 26.2 Å². The van der Waals surface area contributed by atoms with Crippen molar-refractivity contribution >= 4 is 0 Å². The molecule has 1 aliphatic rings. The molecule has 0 aromatic carbocycles. The molecule has 0 aromatic rings. The maximum absolute atomic E-state index is 12.8. The second-order valence-electron chi connectivity index (χ2n) is 3.33. The average molecular weight is 148 g/mol. The minimum Gasteiger partial charge on any atom is -0.251 e. The average Bonchev–Trinajstić information content (AvgIpc) is 1.95. The second kappa shape index (κ2) is 3.31. The largest absolute Gasteiger partial charge is 0.251 e. The normalized spacial score (nSPS) is 41.7. The van der Waals surface area contributed by atoms with E-state index in [-0.39, 0.29) is 18.5 Å². The van der Waals surface area contributed by atoms with Gasteiger partial charge in [0, 0.05) is 0 Å². The standard InChI is InChI=1S/C8H14F2/c1-6-2-3-7(5-9)4-8(6)10/h6-8H,2-5H2,1H3/t6-,7?,8?/m1/s1. The first-order valence-electron chi connectivity index (χ1n) is 3.94. The molecule has 2 unspecified atom stereocenters. The fraction of sp³-hybridized carbons (Fsp3) is 1.00. The van der Waals surface area contributed by atoms with Crippen LogP contribution < -0.4 is 0 Å². The van der Waals surface area contributed by atoms with Gasteiger partial charge in [0.1, 0.15) is 6.17 Å². The van der Waals surface area contributed by atoms with E-state index in [1.807, 2.05) is 6.92 Å². The molecule has 0 heterocycles. The maximum Gasteiger partial charge on any atom is 0.103 e. The summed E-state index contributed by atoms with van der Waals surface area (Å²) < 4.78 is 24.9. The van der Waals surface area contributed by atoms with Crippen LogP contribution in [0.25, 0.3) is 0 Å². The highest BCUT2D eigenvalue weighted by molar-refractivity contribution is 4.76. The van der Waals surface area contributed by atoms with E-state index in [4.69, 9.17) is 0 Å². The second-order valence-corrected chi connectivity index (χ2v) is 3.33. The van der Waals surface area contributed by atoms with Crippen LogP contribution in [0.2, 0.25) is 0 Å². The highest BCUT2D eigenvalue weighted by atomic mass is 19.1. The Hall–Kier alpha value is -0.140. The molecule has 60 valence electrons. The minimum atomic E-state index is -0.755. The quantitative estimate of drug-likeness (QED) is 0.536. The Balaban J connectivity index is 2.33. The van der Waals surface area contributed by atoms with Crippen LogP contribution >= 0.6 is 0 Å². The van der Waals surface area contributed by atoms with Gasteiger partial charge in [-0.1, -0.05) is 6.92 Å². The molecule has 0 amide bonds. The first kappa shape index (κ1) is 7.96. The Bertz CT molecular complexity index is 103. The van der Waals surface area contributed by atoms with E-state index in [0.717, 1.165) is 12.8 Å². The molecule has 0 nitrogen and oxygen atoms in total. The van der Waals surface area contributed by atoms with Gasteiger partial charge in [0.15, 0.2) is 0 Å². The molecule has 0 aliphatic heterocycles. The lowest BCUT2D eigenvalue weighted by molar-refractivity contribution is 0.123. The van der Waals surface area contributed by atoms with Crippen molar-refractivity contribution < 1.29 is 8.78 Å². The molecule has 0 aromatic heterocycles. The Kier molecular flexibility index (Phi) is 2.64. The van der Waals surface area contributed by atoms with Crippen LogP contribution in [0, 0.1) is 11.8 Å². The molecule has 1 aliphatic carbocycles. The van der Waals surface area contributed by atoms with Gasteiger partial charge in [0.05, 0.1) is 6.67 Å². The Morgan fingerprint density at radius 3 is 2.60 bits per heavy atom. The Morgan fingerprint density at radius 1 is 1.40 bits per heavy atom. The maximum atomic E-state index is 12.8. The van der Waals surface area contributed by atoms with Crippen molar-refractivity contribution in [3.8, 4) is 0 Å². The first-order chi connectivity index (χ1) is 4.74. The highest BCUT2D eigenvalue weighted by Crippen LogP contribution is 2.30. The number of rotatable bonds is 1. The number of hydrogen-bond donors (Lipinski definition) is 0. The Morgan fingerprint density at radius 2 is 2.10 bits per heavy atom. The third-order valence-electron chi connectivity index (χ3n) is 2.42. The van der Waals surface area contributed by atoms with Crippen molar-refractivity contribution in [2.24, 2.45) is 11.8 Å². The van der Waals surface area contributed by atoms with Crippen molar-refractivity contribution in [3.05, 3.63) is 0 Å².